The summed E-state index contributed by atoms with van der Waals surface area (Å²) in [6.45, 7) is 4.05. The van der Waals surface area contributed by atoms with Crippen molar-refractivity contribution >= 4 is 17.6 Å². The van der Waals surface area contributed by atoms with E-state index >= 15 is 0 Å². The van der Waals surface area contributed by atoms with E-state index in [1.807, 2.05) is 6.92 Å². The molecule has 0 amide bonds. The molecule has 0 N–H and O–H groups in total. The summed E-state index contributed by atoms with van der Waals surface area (Å²) >= 11 is 6.05. The molecule has 1 saturated carbocycles. The standard InChI is InChI=1S/C9H13ClO2/c1-5-7-6(10)3-4-9(5,2)8(11)12-7/h5-7H,3-4H2,1-2H3. The summed E-state index contributed by atoms with van der Waals surface area (Å²) in [4.78, 5) is 11.5. The summed E-state index contributed by atoms with van der Waals surface area (Å²) in [5.74, 6) is 0.226. The first-order valence-corrected chi connectivity index (χ1v) is 4.84. The third-order valence-electron chi connectivity index (χ3n) is 3.50. The predicted octanol–water partition coefficient (Wildman–Crippen LogP) is 1.96. The van der Waals surface area contributed by atoms with Crippen LogP contribution in [0, 0.1) is 11.3 Å². The Balaban J connectivity index is 2.34. The van der Waals surface area contributed by atoms with Gasteiger partial charge in [-0.05, 0) is 19.8 Å². The lowest BCUT2D eigenvalue weighted by molar-refractivity contribution is -0.147. The quantitative estimate of drug-likeness (QED) is 0.429. The lowest BCUT2D eigenvalue weighted by atomic mass is 9.69. The van der Waals surface area contributed by atoms with Crippen molar-refractivity contribution in [2.45, 2.75) is 38.2 Å². The molecule has 0 spiro atoms. The van der Waals surface area contributed by atoms with Gasteiger partial charge in [0, 0.05) is 5.92 Å². The van der Waals surface area contributed by atoms with Crippen LogP contribution < -0.4 is 0 Å². The zero-order valence-corrected chi connectivity index (χ0v) is 8.10. The molecule has 1 aliphatic heterocycles. The first-order valence-electron chi connectivity index (χ1n) is 4.41. The molecule has 3 heteroatoms. The van der Waals surface area contributed by atoms with Gasteiger partial charge in [-0.15, -0.1) is 11.6 Å². The highest BCUT2D eigenvalue weighted by atomic mass is 35.5. The van der Waals surface area contributed by atoms with E-state index in [4.69, 9.17) is 16.3 Å². The Morgan fingerprint density at radius 1 is 1.67 bits per heavy atom. The van der Waals surface area contributed by atoms with Crippen molar-refractivity contribution in [3.8, 4) is 0 Å². The highest BCUT2D eigenvalue weighted by Crippen LogP contribution is 2.50. The first kappa shape index (κ1) is 8.36. The van der Waals surface area contributed by atoms with Crippen LogP contribution in [0.25, 0.3) is 0 Å². The number of hydrogen-bond acceptors (Lipinski definition) is 2. The maximum absolute atomic E-state index is 11.5. The molecule has 4 atom stereocenters. The summed E-state index contributed by atoms with van der Waals surface area (Å²) in [5, 5.41) is 0.0273. The van der Waals surface area contributed by atoms with Gasteiger partial charge in [0.1, 0.15) is 6.10 Å². The molecule has 1 aliphatic carbocycles. The first-order chi connectivity index (χ1) is 5.55. The van der Waals surface area contributed by atoms with Crippen molar-refractivity contribution in [2.24, 2.45) is 11.3 Å². The third kappa shape index (κ3) is 0.846. The van der Waals surface area contributed by atoms with E-state index in [9.17, 15) is 4.79 Å². The summed E-state index contributed by atoms with van der Waals surface area (Å²) < 4.78 is 5.24. The Hall–Kier alpha value is -0.240. The van der Waals surface area contributed by atoms with Crippen LogP contribution in [-0.2, 0) is 9.53 Å². The molecule has 0 aromatic carbocycles. The van der Waals surface area contributed by atoms with Gasteiger partial charge in [-0.2, -0.15) is 0 Å². The molecule has 1 saturated heterocycles. The number of carbonyl (C=O) groups excluding carboxylic acids is 1. The van der Waals surface area contributed by atoms with Gasteiger partial charge >= 0.3 is 5.97 Å². The average Bonchev–Trinajstić information content (AvgIpc) is 2.17. The van der Waals surface area contributed by atoms with Crippen LogP contribution in [0.3, 0.4) is 0 Å². The Bertz CT molecular complexity index is 229. The van der Waals surface area contributed by atoms with Crippen molar-refractivity contribution in [3.05, 3.63) is 0 Å². The number of rotatable bonds is 0. The molecule has 4 unspecified atom stereocenters. The zero-order valence-electron chi connectivity index (χ0n) is 7.34. The van der Waals surface area contributed by atoms with Crippen molar-refractivity contribution in [1.82, 2.24) is 0 Å². The molecule has 2 bridgehead atoms. The van der Waals surface area contributed by atoms with Crippen molar-refractivity contribution in [1.29, 1.82) is 0 Å². The second-order valence-electron chi connectivity index (χ2n) is 4.13. The Morgan fingerprint density at radius 3 is 2.92 bits per heavy atom. The molecular weight excluding hydrogens is 176 g/mol. The fourth-order valence-corrected chi connectivity index (χ4v) is 2.61. The summed E-state index contributed by atoms with van der Waals surface area (Å²) in [6, 6.07) is 0. The number of esters is 1. The monoisotopic (exact) mass is 188 g/mol. The minimum Gasteiger partial charge on any atom is -0.460 e. The number of alkyl halides is 1. The summed E-state index contributed by atoms with van der Waals surface area (Å²) in [5.41, 5.74) is -0.254. The number of hydrogen-bond donors (Lipinski definition) is 0. The van der Waals surface area contributed by atoms with Crippen LogP contribution in [0.2, 0.25) is 0 Å². The minimum atomic E-state index is -0.254. The van der Waals surface area contributed by atoms with Crippen LogP contribution in [0.1, 0.15) is 26.7 Å². The van der Waals surface area contributed by atoms with Gasteiger partial charge in [0.2, 0.25) is 0 Å². The van der Waals surface area contributed by atoms with Gasteiger partial charge in [-0.3, -0.25) is 4.79 Å². The SMILES string of the molecule is CC1C2OC(=O)C1(C)CCC2Cl. The summed E-state index contributed by atoms with van der Waals surface area (Å²) in [6.07, 6.45) is 1.73. The average molecular weight is 189 g/mol. The van der Waals surface area contributed by atoms with Gasteiger partial charge in [0.25, 0.3) is 0 Å². The Kier molecular flexibility index (Phi) is 1.66. The van der Waals surface area contributed by atoms with Gasteiger partial charge < -0.3 is 4.74 Å². The van der Waals surface area contributed by atoms with Crippen LogP contribution in [0.5, 0.6) is 0 Å². The van der Waals surface area contributed by atoms with Crippen LogP contribution >= 0.6 is 11.6 Å². The number of ether oxygens (including phenoxy) is 1. The molecule has 12 heavy (non-hydrogen) atoms. The predicted molar refractivity (Wildman–Crippen MR) is 46.0 cm³/mol. The van der Waals surface area contributed by atoms with Gasteiger partial charge in [0.05, 0.1) is 10.8 Å². The van der Waals surface area contributed by atoms with Crippen LogP contribution in [0.4, 0.5) is 0 Å². The number of halogens is 1. The lowest BCUT2D eigenvalue weighted by Gasteiger charge is -2.33. The molecule has 68 valence electrons. The molecule has 0 aromatic rings. The smallest absolute Gasteiger partial charge is 0.312 e. The lowest BCUT2D eigenvalue weighted by Crippen LogP contribution is -2.38. The summed E-state index contributed by atoms with van der Waals surface area (Å²) in [7, 11) is 0. The van der Waals surface area contributed by atoms with E-state index in [-0.39, 0.29) is 28.8 Å². The molecule has 0 radical (unpaired) electrons. The molecule has 2 rings (SSSR count). The van der Waals surface area contributed by atoms with Gasteiger partial charge in [-0.25, -0.2) is 0 Å². The zero-order chi connectivity index (χ0) is 8.93. The van der Waals surface area contributed by atoms with Gasteiger partial charge in [0.15, 0.2) is 0 Å². The molecule has 2 fully saturated rings. The largest absolute Gasteiger partial charge is 0.460 e. The highest BCUT2D eigenvalue weighted by molar-refractivity contribution is 6.21. The maximum Gasteiger partial charge on any atom is 0.312 e. The second-order valence-corrected chi connectivity index (χ2v) is 4.69. The fraction of sp³-hybridized carbons (Fsp3) is 0.889. The van der Waals surface area contributed by atoms with Crippen molar-refractivity contribution in [3.63, 3.8) is 0 Å². The normalized spacial score (nSPS) is 52.2. The molecule has 2 aliphatic rings. The number of carbonyl (C=O) groups is 1. The Morgan fingerprint density at radius 2 is 2.33 bits per heavy atom. The van der Waals surface area contributed by atoms with E-state index in [1.165, 1.54) is 0 Å². The van der Waals surface area contributed by atoms with E-state index < -0.39 is 0 Å². The topological polar surface area (TPSA) is 26.3 Å². The number of fused-ring (bicyclic) bond motifs is 2. The van der Waals surface area contributed by atoms with E-state index in [2.05, 4.69) is 6.92 Å². The van der Waals surface area contributed by atoms with E-state index in [0.717, 1.165) is 12.8 Å². The van der Waals surface area contributed by atoms with Crippen LogP contribution in [-0.4, -0.2) is 17.5 Å². The molecule has 2 nitrogen and oxygen atoms in total. The van der Waals surface area contributed by atoms with Crippen LogP contribution in [0.15, 0.2) is 0 Å². The van der Waals surface area contributed by atoms with Gasteiger partial charge in [-0.1, -0.05) is 6.92 Å². The van der Waals surface area contributed by atoms with E-state index in [0.29, 0.717) is 0 Å². The minimum absolute atomic E-state index is 0.0273. The van der Waals surface area contributed by atoms with Crippen molar-refractivity contribution in [2.75, 3.05) is 0 Å². The van der Waals surface area contributed by atoms with E-state index in [1.54, 1.807) is 0 Å². The molecular formula is C9H13ClO2. The Labute approximate surface area is 77.2 Å². The third-order valence-corrected chi connectivity index (χ3v) is 3.97. The highest BCUT2D eigenvalue weighted by Gasteiger charge is 2.56. The van der Waals surface area contributed by atoms with Crippen molar-refractivity contribution < 1.29 is 9.53 Å². The molecule has 1 heterocycles. The fourth-order valence-electron chi connectivity index (χ4n) is 2.23. The molecule has 0 aromatic heterocycles. The second kappa shape index (κ2) is 2.38. The maximum atomic E-state index is 11.5.